The number of halogens is 2. The molecule has 0 aliphatic heterocycles. The van der Waals surface area contributed by atoms with E-state index in [1.165, 1.54) is 4.90 Å². The number of aliphatic hydroxyl groups is 1. The van der Waals surface area contributed by atoms with Crippen LogP contribution in [0.2, 0.25) is 1.41 Å². The monoisotopic (exact) mass is 1110 g/mol. The molecule has 21 heteroatoms. The Bertz CT molecular complexity index is 2950. The minimum Gasteiger partial charge on any atom is -0.461 e. The van der Waals surface area contributed by atoms with Crippen LogP contribution in [0.4, 0.5) is 13.6 Å². The molecule has 0 spiro atoms. The molecule has 0 aliphatic carbocycles. The summed E-state index contributed by atoms with van der Waals surface area (Å²) >= 11 is 0. The van der Waals surface area contributed by atoms with Crippen molar-refractivity contribution in [2.45, 2.75) is 123 Å². The molecule has 6 amide bonds. The van der Waals surface area contributed by atoms with Crippen LogP contribution in [0.5, 0.6) is 0 Å². The van der Waals surface area contributed by atoms with Gasteiger partial charge in [-0.1, -0.05) is 112 Å². The predicted molar refractivity (Wildman–Crippen MR) is 291 cm³/mol. The quantitative estimate of drug-likeness (QED) is 0.0250. The Kier molecular flexibility index (Phi) is 22.4. The first-order chi connectivity index (χ1) is 38.3. The standard InChI is InChI=1S/C59H71F2N7O12/c1-58(2,3)53(48-30-41(43-31-42(60)22-23-44(43)61)34-67(48)33-38-16-10-7-11-17-38)68(51(72)35-69)29-27-45(65-55(75)47(32-49(62)70)66-57(77)80-59(4,5)6)54(74)63-28-26-50(71)64-46(56(76)79-37-40-20-14-9-15-21-40)24-25-52(73)78-36-39-18-12-8-13-19-39/h7-23,30-31,34,45-47,53,69H,24-29,32-33,35-37H2,1-6H3,(H2,62,70)(H,63,74)(H,64,71)(H,65,75)(H,66,77)/t45-,46-,47-,53-/m0/s1/i/hD. The lowest BCUT2D eigenvalue weighted by molar-refractivity contribution is -0.150. The van der Waals surface area contributed by atoms with Crippen molar-refractivity contribution < 1.29 is 67.9 Å². The van der Waals surface area contributed by atoms with Crippen LogP contribution in [0.15, 0.2) is 121 Å². The van der Waals surface area contributed by atoms with Crippen molar-refractivity contribution in [3.8, 4) is 11.1 Å². The third-order valence-electron chi connectivity index (χ3n) is 12.2. The van der Waals surface area contributed by atoms with Crippen LogP contribution < -0.4 is 27.0 Å². The molecule has 5 rings (SSSR count). The highest BCUT2D eigenvalue weighted by molar-refractivity contribution is 5.94. The molecule has 0 radical (unpaired) electrons. The van der Waals surface area contributed by atoms with Crippen LogP contribution in [0.25, 0.3) is 11.1 Å². The summed E-state index contributed by atoms with van der Waals surface area (Å²) in [4.78, 5) is 109. The molecular formula is C59H71F2N7O12. The molecule has 0 aliphatic rings. The maximum absolute atomic E-state index is 15.4. The number of aromatic nitrogens is 1. The van der Waals surface area contributed by atoms with Gasteiger partial charge in [0.25, 0.3) is 0 Å². The Labute approximate surface area is 465 Å². The van der Waals surface area contributed by atoms with E-state index in [0.29, 0.717) is 16.6 Å². The average Bonchev–Trinajstić information content (AvgIpc) is 3.86. The highest BCUT2D eigenvalue weighted by Crippen LogP contribution is 2.41. The SMILES string of the molecule is [2H]N(CCC(=O)N[C@@H](CCC(=O)OCc1ccccc1)C(=O)OCc1ccccc1)C(=O)[C@H](CCN(C(=O)CO)[C@@H](c1cc(-c2cc(F)ccc2F)cn1Cc1ccccc1)C(C)(C)C)NC(=O)[C@H](CC(N)=O)NC(=O)OC(C)(C)C. The Morgan fingerprint density at radius 1 is 0.713 bits per heavy atom. The Hall–Kier alpha value is -8.46. The Morgan fingerprint density at radius 2 is 1.31 bits per heavy atom. The van der Waals surface area contributed by atoms with Crippen molar-refractivity contribution in [1.82, 2.24) is 30.7 Å². The number of nitrogens with zero attached hydrogens (tertiary/aromatic N) is 2. The Balaban J connectivity index is 1.44. The van der Waals surface area contributed by atoms with Crippen LogP contribution in [0.1, 0.15) is 102 Å². The number of aliphatic hydroxyl groups excluding tert-OH is 1. The van der Waals surface area contributed by atoms with Crippen molar-refractivity contribution >= 4 is 47.6 Å². The van der Waals surface area contributed by atoms with Crippen LogP contribution in [0.3, 0.4) is 0 Å². The zero-order valence-corrected chi connectivity index (χ0v) is 45.7. The summed E-state index contributed by atoms with van der Waals surface area (Å²) in [5, 5.41) is 18.2. The van der Waals surface area contributed by atoms with Gasteiger partial charge in [0.15, 0.2) is 1.41 Å². The number of nitrogens with one attached hydrogen (secondary N) is 4. The molecular weight excluding hydrogens is 1040 g/mol. The van der Waals surface area contributed by atoms with E-state index >= 15 is 4.39 Å². The third-order valence-corrected chi connectivity index (χ3v) is 12.2. The number of carbonyl (C=O) groups is 8. The predicted octanol–water partition coefficient (Wildman–Crippen LogP) is 6.29. The molecule has 5 aromatic rings. The molecule has 80 heavy (non-hydrogen) atoms. The Morgan fingerprint density at radius 3 is 1.89 bits per heavy atom. The summed E-state index contributed by atoms with van der Waals surface area (Å²) in [6, 6.07) is 25.4. The van der Waals surface area contributed by atoms with Gasteiger partial charge in [-0.2, -0.15) is 0 Å². The van der Waals surface area contributed by atoms with Gasteiger partial charge in [0.05, 0.1) is 12.5 Å². The molecule has 428 valence electrons. The van der Waals surface area contributed by atoms with Gasteiger partial charge in [0.1, 0.15) is 55.2 Å². The molecule has 1 aromatic heterocycles. The number of esters is 2. The number of hydrogen-bond donors (Lipinski definition) is 6. The minimum absolute atomic E-state index is 0.0347. The minimum atomic E-state index is -1.76. The normalized spacial score (nSPS) is 13.0. The maximum Gasteiger partial charge on any atom is 0.408 e. The van der Waals surface area contributed by atoms with E-state index in [9.17, 15) is 47.9 Å². The molecule has 0 bridgehead atoms. The molecule has 0 unspecified atom stereocenters. The average molecular weight is 1110 g/mol. The van der Waals surface area contributed by atoms with E-state index in [4.69, 9.17) is 21.4 Å². The number of carbonyl (C=O) groups excluding carboxylic acids is 8. The summed E-state index contributed by atoms with van der Waals surface area (Å²) in [5.74, 6) is -7.97. The summed E-state index contributed by atoms with van der Waals surface area (Å²) in [5.41, 5.74) is 6.27. The van der Waals surface area contributed by atoms with E-state index in [0.717, 1.165) is 29.3 Å². The fourth-order valence-corrected chi connectivity index (χ4v) is 8.55. The summed E-state index contributed by atoms with van der Waals surface area (Å²) in [7, 11) is 0. The van der Waals surface area contributed by atoms with E-state index in [2.05, 4.69) is 16.0 Å². The molecule has 1 heterocycles. The van der Waals surface area contributed by atoms with Crippen LogP contribution in [-0.4, -0.2) is 106 Å². The summed E-state index contributed by atoms with van der Waals surface area (Å²) in [6.45, 7) is 7.90. The second kappa shape index (κ2) is 29.5. The highest BCUT2D eigenvalue weighted by atomic mass is 19.1. The fraction of sp³-hybridized carbons (Fsp3) is 0.390. The van der Waals surface area contributed by atoms with E-state index < -0.39 is 133 Å². The topological polar surface area (TPSA) is 267 Å². The zero-order valence-electron chi connectivity index (χ0n) is 46.7. The van der Waals surface area contributed by atoms with Crippen molar-refractivity contribution in [3.63, 3.8) is 0 Å². The third kappa shape index (κ3) is 20.1. The second-order valence-electron chi connectivity index (χ2n) is 21.0. The molecule has 4 atom stereocenters. The van der Waals surface area contributed by atoms with Crippen LogP contribution >= 0.6 is 0 Å². The van der Waals surface area contributed by atoms with Crippen LogP contribution in [0, 0.1) is 17.0 Å². The molecule has 0 saturated heterocycles. The first-order valence-electron chi connectivity index (χ1n) is 26.4. The van der Waals surface area contributed by atoms with Crippen molar-refractivity contribution in [3.05, 3.63) is 155 Å². The van der Waals surface area contributed by atoms with Crippen LogP contribution in [-0.2, 0) is 67.5 Å². The number of benzene rings is 4. The van der Waals surface area contributed by atoms with Crippen molar-refractivity contribution in [1.29, 1.82) is 0 Å². The largest absolute Gasteiger partial charge is 0.461 e. The van der Waals surface area contributed by atoms with Gasteiger partial charge in [0, 0.05) is 55.5 Å². The number of amides is 6. The lowest BCUT2D eigenvalue weighted by Crippen LogP contribution is -2.56. The summed E-state index contributed by atoms with van der Waals surface area (Å²) < 4.78 is 56.9. The smallest absolute Gasteiger partial charge is 0.408 e. The molecule has 7 N–H and O–H groups in total. The van der Waals surface area contributed by atoms with Crippen molar-refractivity contribution in [2.75, 3.05) is 19.7 Å². The fourth-order valence-electron chi connectivity index (χ4n) is 8.55. The number of alkyl carbamates (subject to hydrolysis) is 1. The van der Waals surface area contributed by atoms with E-state index in [-0.39, 0.29) is 43.7 Å². The zero-order chi connectivity index (χ0) is 59.4. The number of primary amides is 1. The number of nitrogens with two attached hydrogens (primary N) is 1. The number of ether oxygens (including phenoxy) is 3. The molecule has 0 fully saturated rings. The van der Waals surface area contributed by atoms with Gasteiger partial charge in [-0.05, 0) is 80.0 Å². The van der Waals surface area contributed by atoms with Gasteiger partial charge >= 0.3 is 18.0 Å². The van der Waals surface area contributed by atoms with Gasteiger partial charge < -0.3 is 55.8 Å². The van der Waals surface area contributed by atoms with E-state index in [1.807, 2.05) is 30.3 Å². The second-order valence-corrected chi connectivity index (χ2v) is 21.0. The molecule has 19 nitrogen and oxygen atoms in total. The van der Waals surface area contributed by atoms with Gasteiger partial charge in [0.2, 0.25) is 29.5 Å². The van der Waals surface area contributed by atoms with Crippen molar-refractivity contribution in [2.24, 2.45) is 11.1 Å². The number of hydrogen-bond acceptors (Lipinski definition) is 12. The lowest BCUT2D eigenvalue weighted by Gasteiger charge is -2.41. The first kappa shape index (κ1) is 60.8. The van der Waals surface area contributed by atoms with Gasteiger partial charge in [-0.3, -0.25) is 28.8 Å². The first-order valence-corrected chi connectivity index (χ1v) is 26.0. The van der Waals surface area contributed by atoms with Gasteiger partial charge in [-0.25, -0.2) is 18.4 Å². The maximum atomic E-state index is 15.4. The summed E-state index contributed by atoms with van der Waals surface area (Å²) in [6.07, 6.45) is -1.93. The van der Waals surface area contributed by atoms with E-state index in [1.54, 1.807) is 119 Å². The highest BCUT2D eigenvalue weighted by Gasteiger charge is 2.39. The van der Waals surface area contributed by atoms with Gasteiger partial charge in [-0.15, -0.1) is 0 Å². The molecule has 0 saturated carbocycles. The lowest BCUT2D eigenvalue weighted by atomic mass is 9.82. The number of rotatable bonds is 27. The molecule has 4 aromatic carbocycles.